The topological polar surface area (TPSA) is 34.0 Å². The first-order valence-corrected chi connectivity index (χ1v) is 5.52. The Morgan fingerprint density at radius 2 is 2.20 bits per heavy atom. The van der Waals surface area contributed by atoms with Crippen molar-refractivity contribution in [3.63, 3.8) is 0 Å². The van der Waals surface area contributed by atoms with Gasteiger partial charge in [-0.25, -0.2) is 0 Å². The number of pyridine rings is 1. The highest BCUT2D eigenvalue weighted by molar-refractivity contribution is 5.04. The third-order valence-electron chi connectivity index (χ3n) is 2.51. The van der Waals surface area contributed by atoms with Crippen molar-refractivity contribution >= 4 is 0 Å². The van der Waals surface area contributed by atoms with Crippen LogP contribution in [-0.2, 0) is 6.54 Å². The van der Waals surface area contributed by atoms with Gasteiger partial charge in [0.05, 0.1) is 0 Å². The zero-order valence-electron chi connectivity index (χ0n) is 9.79. The van der Waals surface area contributed by atoms with Crippen LogP contribution in [0.25, 0.3) is 0 Å². The molecule has 1 aromatic rings. The molecule has 0 bridgehead atoms. The number of rotatable bonds is 5. The zero-order valence-corrected chi connectivity index (χ0v) is 9.79. The number of nitrogens with zero attached hydrogens (tertiary/aromatic N) is 1. The fourth-order valence-corrected chi connectivity index (χ4v) is 1.62. The van der Waals surface area contributed by atoms with Crippen LogP contribution in [0.1, 0.15) is 19.5 Å². The van der Waals surface area contributed by atoms with Crippen molar-refractivity contribution in [1.29, 1.82) is 0 Å². The van der Waals surface area contributed by atoms with Crippen molar-refractivity contribution in [3.8, 4) is 0 Å². The highest BCUT2D eigenvalue weighted by atomic mass is 16.1. The lowest BCUT2D eigenvalue weighted by molar-refractivity contribution is 0.439. The van der Waals surface area contributed by atoms with Crippen LogP contribution in [0.15, 0.2) is 23.0 Å². The fraction of sp³-hybridized carbons (Fsp3) is 0.583. The summed E-state index contributed by atoms with van der Waals surface area (Å²) in [4.78, 5) is 11.6. The second-order valence-electron chi connectivity index (χ2n) is 4.03. The van der Waals surface area contributed by atoms with Crippen molar-refractivity contribution in [1.82, 2.24) is 9.88 Å². The summed E-state index contributed by atoms with van der Waals surface area (Å²) in [5.74, 6) is 0.476. The Morgan fingerprint density at radius 1 is 1.47 bits per heavy atom. The largest absolute Gasteiger partial charge is 0.317 e. The quantitative estimate of drug-likeness (QED) is 0.793. The summed E-state index contributed by atoms with van der Waals surface area (Å²) in [6, 6.07) is 5.40. The van der Waals surface area contributed by atoms with E-state index in [1.807, 2.05) is 23.6 Å². The second kappa shape index (κ2) is 5.71. The van der Waals surface area contributed by atoms with Gasteiger partial charge in [0.1, 0.15) is 0 Å². The maximum Gasteiger partial charge on any atom is 0.250 e. The van der Waals surface area contributed by atoms with E-state index in [9.17, 15) is 4.79 Å². The smallest absolute Gasteiger partial charge is 0.250 e. The van der Waals surface area contributed by atoms with Crippen molar-refractivity contribution in [2.45, 2.75) is 27.3 Å². The van der Waals surface area contributed by atoms with Gasteiger partial charge in [-0.1, -0.05) is 19.9 Å². The van der Waals surface area contributed by atoms with Crippen LogP contribution in [0.2, 0.25) is 0 Å². The van der Waals surface area contributed by atoms with Crippen LogP contribution < -0.4 is 10.9 Å². The summed E-state index contributed by atoms with van der Waals surface area (Å²) in [5.41, 5.74) is 1.13. The second-order valence-corrected chi connectivity index (χ2v) is 4.03. The summed E-state index contributed by atoms with van der Waals surface area (Å²) in [7, 11) is 0. The van der Waals surface area contributed by atoms with E-state index < -0.39 is 0 Å². The van der Waals surface area contributed by atoms with E-state index in [4.69, 9.17) is 0 Å². The molecule has 84 valence electrons. The molecule has 0 amide bonds. The molecule has 0 aliphatic rings. The molecule has 1 rings (SSSR count). The average Bonchev–Trinajstić information content (AvgIpc) is 2.21. The molecular weight excluding hydrogens is 188 g/mol. The SMILES string of the molecule is CCNCC(C)Cn1c(C)cccc1=O. The van der Waals surface area contributed by atoms with Crippen LogP contribution in [0, 0.1) is 12.8 Å². The predicted octanol–water partition coefficient (Wildman–Crippen LogP) is 1.40. The number of aryl methyl sites for hydroxylation is 1. The van der Waals surface area contributed by atoms with Crippen molar-refractivity contribution < 1.29 is 0 Å². The third kappa shape index (κ3) is 3.51. The Morgan fingerprint density at radius 3 is 2.80 bits per heavy atom. The van der Waals surface area contributed by atoms with Gasteiger partial charge in [0, 0.05) is 18.3 Å². The predicted molar refractivity (Wildman–Crippen MR) is 63.1 cm³/mol. The molecule has 0 saturated heterocycles. The van der Waals surface area contributed by atoms with Gasteiger partial charge in [-0.3, -0.25) is 4.79 Å². The molecule has 0 aliphatic heterocycles. The van der Waals surface area contributed by atoms with E-state index in [1.165, 1.54) is 0 Å². The average molecular weight is 208 g/mol. The Labute approximate surface area is 91.1 Å². The van der Waals surface area contributed by atoms with Crippen LogP contribution in [-0.4, -0.2) is 17.7 Å². The lowest BCUT2D eigenvalue weighted by atomic mass is 10.1. The molecule has 1 N–H and O–H groups in total. The van der Waals surface area contributed by atoms with Gasteiger partial charge in [0.25, 0.3) is 5.56 Å². The number of nitrogens with one attached hydrogen (secondary N) is 1. The summed E-state index contributed by atoms with van der Waals surface area (Å²) < 4.78 is 1.84. The Hall–Kier alpha value is -1.09. The molecule has 3 nitrogen and oxygen atoms in total. The highest BCUT2D eigenvalue weighted by Crippen LogP contribution is 2.00. The van der Waals surface area contributed by atoms with Crippen molar-refractivity contribution in [3.05, 3.63) is 34.2 Å². The first kappa shape index (κ1) is 12.0. The van der Waals surface area contributed by atoms with Gasteiger partial charge in [-0.15, -0.1) is 0 Å². The maximum atomic E-state index is 11.6. The van der Waals surface area contributed by atoms with Crippen LogP contribution in [0.4, 0.5) is 0 Å². The van der Waals surface area contributed by atoms with Gasteiger partial charge in [-0.05, 0) is 32.0 Å². The normalized spacial score (nSPS) is 12.7. The minimum absolute atomic E-state index is 0.0957. The number of hydrogen-bond donors (Lipinski definition) is 1. The molecular formula is C12H20N2O. The minimum atomic E-state index is 0.0957. The summed E-state index contributed by atoms with van der Waals surface area (Å²) in [6.07, 6.45) is 0. The minimum Gasteiger partial charge on any atom is -0.317 e. The molecule has 1 aromatic heterocycles. The molecule has 0 aliphatic carbocycles. The van der Waals surface area contributed by atoms with Gasteiger partial charge in [-0.2, -0.15) is 0 Å². The van der Waals surface area contributed by atoms with Crippen molar-refractivity contribution in [2.24, 2.45) is 5.92 Å². The maximum absolute atomic E-state index is 11.6. The molecule has 1 unspecified atom stereocenters. The first-order chi connectivity index (χ1) is 7.15. The van der Waals surface area contributed by atoms with Gasteiger partial charge in [0.2, 0.25) is 0 Å². The van der Waals surface area contributed by atoms with Crippen molar-refractivity contribution in [2.75, 3.05) is 13.1 Å². The number of aromatic nitrogens is 1. The Balaban J connectivity index is 2.67. The first-order valence-electron chi connectivity index (χ1n) is 5.52. The van der Waals surface area contributed by atoms with Crippen LogP contribution >= 0.6 is 0 Å². The Kier molecular flexibility index (Phi) is 4.56. The zero-order chi connectivity index (χ0) is 11.3. The van der Waals surface area contributed by atoms with E-state index in [1.54, 1.807) is 6.07 Å². The van der Waals surface area contributed by atoms with Gasteiger partial charge >= 0.3 is 0 Å². The monoisotopic (exact) mass is 208 g/mol. The van der Waals surface area contributed by atoms with Crippen LogP contribution in [0.3, 0.4) is 0 Å². The molecule has 0 radical (unpaired) electrons. The third-order valence-corrected chi connectivity index (χ3v) is 2.51. The summed E-state index contributed by atoms with van der Waals surface area (Å²) >= 11 is 0. The molecule has 0 spiro atoms. The van der Waals surface area contributed by atoms with E-state index in [0.29, 0.717) is 5.92 Å². The van der Waals surface area contributed by atoms with E-state index >= 15 is 0 Å². The van der Waals surface area contributed by atoms with E-state index in [-0.39, 0.29) is 5.56 Å². The van der Waals surface area contributed by atoms with E-state index in [2.05, 4.69) is 19.2 Å². The van der Waals surface area contributed by atoms with Crippen LogP contribution in [0.5, 0.6) is 0 Å². The molecule has 15 heavy (non-hydrogen) atoms. The fourth-order valence-electron chi connectivity index (χ4n) is 1.62. The van der Waals surface area contributed by atoms with Gasteiger partial charge in [0.15, 0.2) is 0 Å². The summed E-state index contributed by atoms with van der Waals surface area (Å²) in [6.45, 7) is 8.94. The molecule has 0 saturated carbocycles. The van der Waals surface area contributed by atoms with E-state index in [0.717, 1.165) is 25.3 Å². The lowest BCUT2D eigenvalue weighted by Crippen LogP contribution is -2.29. The highest BCUT2D eigenvalue weighted by Gasteiger charge is 2.05. The van der Waals surface area contributed by atoms with Gasteiger partial charge < -0.3 is 9.88 Å². The molecule has 1 heterocycles. The molecule has 0 aromatic carbocycles. The molecule has 3 heteroatoms. The lowest BCUT2D eigenvalue weighted by Gasteiger charge is -2.15. The Bertz CT molecular complexity index is 357. The molecule has 1 atom stereocenters. The number of hydrogen-bond acceptors (Lipinski definition) is 2. The summed E-state index contributed by atoms with van der Waals surface area (Å²) in [5, 5.41) is 3.29. The standard InChI is InChI=1S/C12H20N2O/c1-4-13-8-10(2)9-14-11(3)6-5-7-12(14)15/h5-7,10,13H,4,8-9H2,1-3H3. The molecule has 0 fully saturated rings.